The summed E-state index contributed by atoms with van der Waals surface area (Å²) in [4.78, 5) is 4.01. The number of rotatable bonds is 5. The van der Waals surface area contributed by atoms with Gasteiger partial charge in [0.05, 0.1) is 5.69 Å². The Balaban J connectivity index is 1.74. The predicted octanol–water partition coefficient (Wildman–Crippen LogP) is 1.36. The van der Waals surface area contributed by atoms with Gasteiger partial charge in [0.1, 0.15) is 5.82 Å². The number of pyridine rings is 1. The molecular formula is C11H15N5. The van der Waals surface area contributed by atoms with Crippen LogP contribution in [0.15, 0.2) is 36.8 Å². The molecular weight excluding hydrogens is 202 g/mol. The van der Waals surface area contributed by atoms with Gasteiger partial charge in [-0.25, -0.2) is 4.98 Å². The molecule has 0 aliphatic rings. The average molecular weight is 217 g/mol. The van der Waals surface area contributed by atoms with Crippen LogP contribution in [0.4, 0.5) is 11.5 Å². The van der Waals surface area contributed by atoms with Gasteiger partial charge < -0.3 is 11.1 Å². The maximum Gasteiger partial charge on any atom is 0.146 e. The molecule has 2 rings (SSSR count). The number of nitrogens with one attached hydrogen (secondary N) is 1. The molecule has 0 aromatic carbocycles. The summed E-state index contributed by atoms with van der Waals surface area (Å²) in [5, 5.41) is 7.38. The summed E-state index contributed by atoms with van der Waals surface area (Å²) in [6, 6.07) is 5.72. The lowest BCUT2D eigenvalue weighted by Gasteiger charge is -2.07. The minimum atomic E-state index is 0.543. The molecule has 0 saturated carbocycles. The third kappa shape index (κ3) is 2.73. The van der Waals surface area contributed by atoms with E-state index in [4.69, 9.17) is 5.73 Å². The van der Waals surface area contributed by atoms with Crippen LogP contribution in [-0.4, -0.2) is 21.3 Å². The van der Waals surface area contributed by atoms with Crippen LogP contribution in [0.25, 0.3) is 0 Å². The normalized spacial score (nSPS) is 10.2. The molecule has 5 heteroatoms. The maximum absolute atomic E-state index is 5.71. The first kappa shape index (κ1) is 10.5. The SMILES string of the molecule is Nc1ncccc1NCCCn1cccn1. The molecule has 16 heavy (non-hydrogen) atoms. The standard InChI is InChI=1S/C11H15N5/c12-11-10(4-1-5-14-11)13-6-2-8-16-9-3-7-15-16/h1,3-5,7,9,13H,2,6,8H2,(H2,12,14). The minimum Gasteiger partial charge on any atom is -0.382 e. The second kappa shape index (κ2) is 5.16. The van der Waals surface area contributed by atoms with Crippen LogP contribution in [0.5, 0.6) is 0 Å². The van der Waals surface area contributed by atoms with Crippen molar-refractivity contribution < 1.29 is 0 Å². The van der Waals surface area contributed by atoms with Crippen LogP contribution < -0.4 is 11.1 Å². The zero-order chi connectivity index (χ0) is 11.2. The van der Waals surface area contributed by atoms with Crippen molar-refractivity contribution in [2.24, 2.45) is 0 Å². The quantitative estimate of drug-likeness (QED) is 0.742. The van der Waals surface area contributed by atoms with Crippen molar-refractivity contribution in [3.8, 4) is 0 Å². The van der Waals surface area contributed by atoms with Gasteiger partial charge in [0, 0.05) is 31.7 Å². The van der Waals surface area contributed by atoms with Crippen molar-refractivity contribution in [2.75, 3.05) is 17.6 Å². The van der Waals surface area contributed by atoms with Crippen molar-refractivity contribution in [3.05, 3.63) is 36.8 Å². The molecule has 0 bridgehead atoms. The van der Waals surface area contributed by atoms with Crippen LogP contribution in [0.2, 0.25) is 0 Å². The lowest BCUT2D eigenvalue weighted by Crippen LogP contribution is -2.08. The van der Waals surface area contributed by atoms with Gasteiger partial charge in [0.15, 0.2) is 0 Å². The highest BCUT2D eigenvalue weighted by molar-refractivity contribution is 5.60. The summed E-state index contributed by atoms with van der Waals surface area (Å²) in [6.45, 7) is 1.76. The van der Waals surface area contributed by atoms with Crippen molar-refractivity contribution in [1.29, 1.82) is 0 Å². The number of hydrogen-bond acceptors (Lipinski definition) is 4. The molecule has 0 aliphatic heterocycles. The number of hydrogen-bond donors (Lipinski definition) is 2. The van der Waals surface area contributed by atoms with Gasteiger partial charge >= 0.3 is 0 Å². The van der Waals surface area contributed by atoms with Crippen LogP contribution in [0, 0.1) is 0 Å². The summed E-state index contributed by atoms with van der Waals surface area (Å²) in [5.41, 5.74) is 6.60. The monoisotopic (exact) mass is 217 g/mol. The first-order valence-corrected chi connectivity index (χ1v) is 5.28. The molecule has 0 saturated heterocycles. The number of nitrogens with zero attached hydrogens (tertiary/aromatic N) is 3. The fraction of sp³-hybridized carbons (Fsp3) is 0.273. The highest BCUT2D eigenvalue weighted by atomic mass is 15.3. The first-order valence-electron chi connectivity index (χ1n) is 5.28. The Bertz CT molecular complexity index is 424. The fourth-order valence-corrected chi connectivity index (χ4v) is 1.46. The Morgan fingerprint density at radius 3 is 3.00 bits per heavy atom. The molecule has 0 spiro atoms. The first-order chi connectivity index (χ1) is 7.86. The van der Waals surface area contributed by atoms with Gasteiger partial charge in [-0.05, 0) is 24.6 Å². The molecule has 5 nitrogen and oxygen atoms in total. The smallest absolute Gasteiger partial charge is 0.146 e. The fourth-order valence-electron chi connectivity index (χ4n) is 1.46. The van der Waals surface area contributed by atoms with Crippen molar-refractivity contribution in [3.63, 3.8) is 0 Å². The Hall–Kier alpha value is -2.04. The summed E-state index contributed by atoms with van der Waals surface area (Å²) < 4.78 is 1.91. The zero-order valence-electron chi connectivity index (χ0n) is 9.00. The average Bonchev–Trinajstić information content (AvgIpc) is 2.79. The van der Waals surface area contributed by atoms with Crippen LogP contribution in [-0.2, 0) is 6.54 Å². The van der Waals surface area contributed by atoms with E-state index in [2.05, 4.69) is 15.4 Å². The molecule has 3 N–H and O–H groups in total. The van der Waals surface area contributed by atoms with E-state index >= 15 is 0 Å². The molecule has 0 fully saturated rings. The minimum absolute atomic E-state index is 0.543. The van der Waals surface area contributed by atoms with Gasteiger partial charge in [0.25, 0.3) is 0 Å². The molecule has 0 atom stereocenters. The Morgan fingerprint density at radius 2 is 2.25 bits per heavy atom. The van der Waals surface area contributed by atoms with E-state index in [0.717, 1.165) is 25.2 Å². The number of nitrogen functional groups attached to an aromatic ring is 1. The topological polar surface area (TPSA) is 68.8 Å². The molecule has 2 heterocycles. The number of aryl methyl sites for hydroxylation is 1. The third-order valence-corrected chi connectivity index (χ3v) is 2.28. The summed E-state index contributed by atoms with van der Waals surface area (Å²) >= 11 is 0. The van der Waals surface area contributed by atoms with Crippen LogP contribution in [0.3, 0.4) is 0 Å². The van der Waals surface area contributed by atoms with Crippen molar-refractivity contribution in [2.45, 2.75) is 13.0 Å². The second-order valence-electron chi connectivity index (χ2n) is 3.49. The lowest BCUT2D eigenvalue weighted by molar-refractivity contribution is 0.592. The predicted molar refractivity (Wildman–Crippen MR) is 64.0 cm³/mol. The second-order valence-corrected chi connectivity index (χ2v) is 3.49. The highest BCUT2D eigenvalue weighted by Crippen LogP contribution is 2.12. The van der Waals surface area contributed by atoms with Crippen molar-refractivity contribution in [1.82, 2.24) is 14.8 Å². The third-order valence-electron chi connectivity index (χ3n) is 2.28. The van der Waals surface area contributed by atoms with Gasteiger partial charge in [-0.15, -0.1) is 0 Å². The van der Waals surface area contributed by atoms with Gasteiger partial charge in [-0.3, -0.25) is 4.68 Å². The van der Waals surface area contributed by atoms with E-state index in [0.29, 0.717) is 5.82 Å². The Labute approximate surface area is 94.3 Å². The number of anilines is 2. The molecule has 0 radical (unpaired) electrons. The summed E-state index contributed by atoms with van der Waals surface area (Å²) in [7, 11) is 0. The number of aromatic nitrogens is 3. The van der Waals surface area contributed by atoms with Crippen LogP contribution >= 0.6 is 0 Å². The largest absolute Gasteiger partial charge is 0.382 e. The lowest BCUT2D eigenvalue weighted by atomic mass is 10.3. The zero-order valence-corrected chi connectivity index (χ0v) is 9.00. The van der Waals surface area contributed by atoms with Gasteiger partial charge in [0.2, 0.25) is 0 Å². The maximum atomic E-state index is 5.71. The molecule has 2 aromatic heterocycles. The van der Waals surface area contributed by atoms with E-state index in [-0.39, 0.29) is 0 Å². The molecule has 2 aromatic rings. The molecule has 0 unspecified atom stereocenters. The van der Waals surface area contributed by atoms with Gasteiger partial charge in [-0.2, -0.15) is 5.10 Å². The molecule has 84 valence electrons. The highest BCUT2D eigenvalue weighted by Gasteiger charge is 1.97. The van der Waals surface area contributed by atoms with E-state index in [9.17, 15) is 0 Å². The van der Waals surface area contributed by atoms with E-state index in [1.54, 1.807) is 12.4 Å². The van der Waals surface area contributed by atoms with Gasteiger partial charge in [-0.1, -0.05) is 0 Å². The van der Waals surface area contributed by atoms with Crippen molar-refractivity contribution >= 4 is 11.5 Å². The Morgan fingerprint density at radius 1 is 1.31 bits per heavy atom. The number of nitrogens with two attached hydrogens (primary N) is 1. The summed E-state index contributed by atoms with van der Waals surface area (Å²) in [6.07, 6.45) is 6.42. The Kier molecular flexibility index (Phi) is 3.38. The molecule has 0 aliphatic carbocycles. The van der Waals surface area contributed by atoms with E-state index in [1.165, 1.54) is 0 Å². The summed E-state index contributed by atoms with van der Waals surface area (Å²) in [5.74, 6) is 0.543. The van der Waals surface area contributed by atoms with E-state index in [1.807, 2.05) is 29.1 Å². The molecule has 0 amide bonds. The van der Waals surface area contributed by atoms with Crippen LogP contribution in [0.1, 0.15) is 6.42 Å². The van der Waals surface area contributed by atoms with E-state index < -0.39 is 0 Å².